The molecule has 0 atom stereocenters. The zero-order valence-corrected chi connectivity index (χ0v) is 22.6. The summed E-state index contributed by atoms with van der Waals surface area (Å²) in [4.78, 5) is 2.85. The van der Waals surface area contributed by atoms with Gasteiger partial charge in [-0.05, 0) is 25.0 Å². The summed E-state index contributed by atoms with van der Waals surface area (Å²) >= 11 is 13.2. The first kappa shape index (κ1) is 26.3. The second-order valence-electron chi connectivity index (χ2n) is 8.23. The number of hydrogen-bond donors (Lipinski definition) is 5. The number of nitrogen functional groups attached to an aromatic ring is 1. The molecule has 0 fully saturated rings. The maximum atomic E-state index is 12.2. The quantitative estimate of drug-likeness (QED) is 0.111. The predicted octanol–water partition coefficient (Wildman–Crippen LogP) is 4.27. The zero-order chi connectivity index (χ0) is 28.1. The van der Waals surface area contributed by atoms with Gasteiger partial charge < -0.3 is 24.9 Å². The van der Waals surface area contributed by atoms with Crippen LogP contribution in [0.3, 0.4) is 0 Å². The average molecular weight is 603 g/mol. The van der Waals surface area contributed by atoms with Crippen molar-refractivity contribution in [3.63, 3.8) is 0 Å². The number of rotatable bonds is 3. The molecule has 2 aromatic rings. The molecule has 0 spiro atoms. The summed E-state index contributed by atoms with van der Waals surface area (Å²) in [5.41, 5.74) is 5.53. The summed E-state index contributed by atoms with van der Waals surface area (Å²) in [6, 6.07) is 1.14. The number of halogens is 2. The lowest BCUT2D eigenvalue weighted by Gasteiger charge is -2.27. The fraction of sp³-hybridized carbons (Fsp3) is 0.143. The fourth-order valence-corrected chi connectivity index (χ4v) is 6.20. The fourth-order valence-electron chi connectivity index (χ4n) is 4.16. The van der Waals surface area contributed by atoms with Crippen LogP contribution in [-0.4, -0.2) is 38.0 Å². The minimum absolute atomic E-state index is 0.0232. The largest absolute Gasteiger partial charge is 0.494 e. The summed E-state index contributed by atoms with van der Waals surface area (Å²) < 4.78 is 85.1. The molecule has 0 saturated carbocycles. The normalized spacial score (nSPS) is 13.1. The molecular formula is C21H16Cl2N4O9S2. The van der Waals surface area contributed by atoms with Gasteiger partial charge in [-0.2, -0.15) is 16.8 Å². The van der Waals surface area contributed by atoms with Crippen LogP contribution in [0.25, 0.3) is 22.6 Å². The Kier molecular flexibility index (Phi) is 5.76. The molecule has 200 valence electrons. The van der Waals surface area contributed by atoms with Crippen molar-refractivity contribution in [1.29, 1.82) is 5.41 Å². The highest BCUT2D eigenvalue weighted by Crippen LogP contribution is 2.57. The summed E-state index contributed by atoms with van der Waals surface area (Å²) in [7, 11) is -8.53. The molecule has 2 heterocycles. The first-order chi connectivity index (χ1) is 17.6. The van der Waals surface area contributed by atoms with E-state index in [0.717, 1.165) is 6.07 Å². The van der Waals surface area contributed by atoms with Crippen molar-refractivity contribution in [2.45, 2.75) is 23.6 Å². The van der Waals surface area contributed by atoms with Gasteiger partial charge in [0.1, 0.15) is 38.4 Å². The lowest BCUT2D eigenvalue weighted by atomic mass is 10.0. The number of benzene rings is 3. The number of nitrogens with two attached hydrogens (primary N) is 1. The van der Waals surface area contributed by atoms with Gasteiger partial charge in [0.25, 0.3) is 10.1 Å². The topological polar surface area (TPSA) is 215 Å². The van der Waals surface area contributed by atoms with E-state index in [9.17, 15) is 25.9 Å². The Labute approximate surface area is 224 Å². The zero-order valence-electron chi connectivity index (χ0n) is 19.4. The van der Waals surface area contributed by atoms with E-state index in [1.54, 1.807) is 6.92 Å². The van der Waals surface area contributed by atoms with Crippen LogP contribution in [-0.2, 0) is 20.2 Å². The van der Waals surface area contributed by atoms with Crippen molar-refractivity contribution in [2.24, 2.45) is 0 Å². The lowest BCUT2D eigenvalue weighted by molar-refractivity contribution is 0.407. The van der Waals surface area contributed by atoms with Gasteiger partial charge in [-0.15, -0.1) is 0 Å². The summed E-state index contributed by atoms with van der Waals surface area (Å²) in [6.45, 7) is 3.03. The molecule has 17 heteroatoms. The molecule has 5 rings (SSSR count). The van der Waals surface area contributed by atoms with E-state index < -0.39 is 46.9 Å². The molecule has 6 N–H and O–H groups in total. The van der Waals surface area contributed by atoms with Crippen molar-refractivity contribution in [3.05, 3.63) is 32.6 Å². The number of aromatic nitrogens is 1. The minimum Gasteiger partial charge on any atom is -0.494 e. The monoisotopic (exact) mass is 602 g/mol. The Hall–Kier alpha value is -3.34. The van der Waals surface area contributed by atoms with Crippen molar-refractivity contribution in [3.8, 4) is 28.7 Å². The minimum atomic E-state index is -4.93. The molecule has 3 aliphatic rings. The number of anilines is 3. The van der Waals surface area contributed by atoms with E-state index in [1.165, 1.54) is 14.0 Å². The third-order valence-electron chi connectivity index (χ3n) is 6.06. The summed E-state index contributed by atoms with van der Waals surface area (Å²) in [5.74, 6) is -1.04. The number of nitrogens with zero attached hydrogens (tertiary/aromatic N) is 1. The number of ether oxygens (including phenoxy) is 2. The second kappa shape index (κ2) is 8.33. The Balaban J connectivity index is 1.92. The number of nitrogens with one attached hydrogen (secondary N) is 2. The van der Waals surface area contributed by atoms with Crippen molar-refractivity contribution < 1.29 is 39.8 Å². The molecule has 0 unspecified atom stereocenters. The standard InChI is InChI=1S/C21H16Cl2N4O9S2/c1-5-6(2)12-18(21(11(5)25)38(31,32)33)35-16-10(23)15-17(9(22)14(16)26-12)36-19-13(27-15)8(34-3)4-7(24)20(19)37(28,29)30/h4,25,27H,24H2,1-3H3,(H,28,29,30)(H,31,32,33). The predicted molar refractivity (Wildman–Crippen MR) is 136 cm³/mol. The van der Waals surface area contributed by atoms with Crippen LogP contribution < -0.4 is 25.9 Å². The van der Waals surface area contributed by atoms with Gasteiger partial charge in [0.15, 0.2) is 32.6 Å². The van der Waals surface area contributed by atoms with Crippen molar-refractivity contribution in [2.75, 3.05) is 18.2 Å². The first-order valence-corrected chi connectivity index (χ1v) is 13.9. The smallest absolute Gasteiger partial charge is 0.300 e. The molecule has 0 amide bonds. The molecule has 0 bridgehead atoms. The van der Waals surface area contributed by atoms with E-state index in [-0.39, 0.29) is 61.0 Å². The molecular weight excluding hydrogens is 587 g/mol. The molecule has 13 nitrogen and oxygen atoms in total. The third-order valence-corrected chi connectivity index (χ3v) is 8.61. The Morgan fingerprint density at radius 1 is 1.03 bits per heavy atom. The third kappa shape index (κ3) is 3.65. The summed E-state index contributed by atoms with van der Waals surface area (Å²) in [6.07, 6.45) is 0. The Morgan fingerprint density at radius 2 is 1.66 bits per heavy atom. The summed E-state index contributed by atoms with van der Waals surface area (Å²) in [5, 5.41) is 10.1. The van der Waals surface area contributed by atoms with E-state index in [0.29, 0.717) is 5.56 Å². The van der Waals surface area contributed by atoms with Gasteiger partial charge in [0, 0.05) is 6.07 Å². The van der Waals surface area contributed by atoms with Crippen LogP contribution in [0, 0.1) is 19.3 Å². The molecule has 38 heavy (non-hydrogen) atoms. The number of methoxy groups -OCH3 is 1. The van der Waals surface area contributed by atoms with Gasteiger partial charge >= 0.3 is 10.1 Å². The van der Waals surface area contributed by atoms with E-state index >= 15 is 0 Å². The van der Waals surface area contributed by atoms with Crippen LogP contribution in [0.1, 0.15) is 11.1 Å². The van der Waals surface area contributed by atoms with Gasteiger partial charge in [-0.3, -0.25) is 14.5 Å². The molecule has 2 aliphatic heterocycles. The molecule has 0 radical (unpaired) electrons. The van der Waals surface area contributed by atoms with E-state index in [2.05, 4.69) is 10.3 Å². The molecule has 0 saturated heterocycles. The van der Waals surface area contributed by atoms with Crippen LogP contribution in [0.15, 0.2) is 20.3 Å². The maximum Gasteiger partial charge on any atom is 0.300 e. The molecule has 1 aliphatic carbocycles. The van der Waals surface area contributed by atoms with Gasteiger partial charge in [-0.1, -0.05) is 23.2 Å². The van der Waals surface area contributed by atoms with Crippen molar-refractivity contribution in [1.82, 2.24) is 4.98 Å². The molecule has 0 aromatic heterocycles. The van der Waals surface area contributed by atoms with Gasteiger partial charge in [0.2, 0.25) is 0 Å². The van der Waals surface area contributed by atoms with Gasteiger partial charge in [-0.25, -0.2) is 4.98 Å². The average Bonchev–Trinajstić information content (AvgIpc) is 2.82. The van der Waals surface area contributed by atoms with Gasteiger partial charge in [0.05, 0.1) is 18.2 Å². The van der Waals surface area contributed by atoms with Crippen LogP contribution in [0.5, 0.6) is 17.2 Å². The van der Waals surface area contributed by atoms with Crippen LogP contribution >= 0.6 is 23.2 Å². The van der Waals surface area contributed by atoms with Crippen LogP contribution in [0.2, 0.25) is 10.0 Å². The van der Waals surface area contributed by atoms with E-state index in [4.69, 9.17) is 48.2 Å². The lowest BCUT2D eigenvalue weighted by Crippen LogP contribution is -2.21. The Bertz CT molecular complexity index is 1990. The first-order valence-electron chi connectivity index (χ1n) is 10.3. The second-order valence-corrected chi connectivity index (χ2v) is 11.7. The van der Waals surface area contributed by atoms with E-state index in [1.807, 2.05) is 0 Å². The maximum absolute atomic E-state index is 12.2. The highest BCUT2D eigenvalue weighted by atomic mass is 35.5. The number of hydrogen-bond acceptors (Lipinski definition) is 11. The SMILES string of the molecule is COc1cc(N)c(S(=O)(=O)O)c2c1Nc1c(c(Cl)c3nc4c(C)c(C)c(=N)c(S(=O)(=O)O)c-4oc3c1Cl)O2. The van der Waals surface area contributed by atoms with Crippen LogP contribution in [0.4, 0.5) is 17.1 Å². The highest BCUT2D eigenvalue weighted by molar-refractivity contribution is 7.86. The number of fused-ring (bicyclic) bond motifs is 4. The highest BCUT2D eigenvalue weighted by Gasteiger charge is 2.36. The Morgan fingerprint density at radius 3 is 2.24 bits per heavy atom. The molecule has 2 aromatic carbocycles. The van der Waals surface area contributed by atoms with Crippen molar-refractivity contribution >= 4 is 71.6 Å².